The van der Waals surface area contributed by atoms with Gasteiger partial charge in [-0.3, -0.25) is 9.59 Å². The number of benzene rings is 1. The van der Waals surface area contributed by atoms with Crippen LogP contribution in [-0.2, 0) is 9.59 Å². The summed E-state index contributed by atoms with van der Waals surface area (Å²) in [5.41, 5.74) is -0.0187. The summed E-state index contributed by atoms with van der Waals surface area (Å²) in [7, 11) is 0. The maximum atomic E-state index is 11.8. The van der Waals surface area contributed by atoms with Crippen LogP contribution in [0.2, 0.25) is 0 Å². The molecule has 8 heteroatoms. The molecule has 0 aliphatic rings. The third kappa shape index (κ3) is 5.01. The van der Waals surface area contributed by atoms with Crippen molar-refractivity contribution in [1.29, 1.82) is 0 Å². The molecule has 0 fully saturated rings. The second-order valence-electron chi connectivity index (χ2n) is 4.35. The Bertz CT molecular complexity index is 555. The van der Waals surface area contributed by atoms with Crippen LogP contribution in [0.4, 0.5) is 0 Å². The number of aliphatic carboxylic acids is 2. The SMILES string of the molecule is O=C(O)CCC[C@@H](NC(=O)c1ccc(O)c(O)c1)C(=O)O. The molecule has 0 heterocycles. The fourth-order valence-corrected chi connectivity index (χ4v) is 1.62. The second-order valence-corrected chi connectivity index (χ2v) is 4.35. The third-order valence-electron chi connectivity index (χ3n) is 2.72. The van der Waals surface area contributed by atoms with Gasteiger partial charge in [0.05, 0.1) is 0 Å². The van der Waals surface area contributed by atoms with Crippen LogP contribution in [0.15, 0.2) is 18.2 Å². The summed E-state index contributed by atoms with van der Waals surface area (Å²) >= 11 is 0. The highest BCUT2D eigenvalue weighted by Crippen LogP contribution is 2.24. The predicted octanol–water partition coefficient (Wildman–Crippen LogP) is 0.536. The summed E-state index contributed by atoms with van der Waals surface area (Å²) in [6.07, 6.45) is -0.121. The first kappa shape index (κ1) is 16.3. The molecule has 114 valence electrons. The largest absolute Gasteiger partial charge is 0.504 e. The molecule has 0 bridgehead atoms. The number of nitrogens with one attached hydrogen (secondary N) is 1. The fraction of sp³-hybridized carbons (Fsp3) is 0.308. The zero-order valence-corrected chi connectivity index (χ0v) is 10.9. The molecule has 5 N–H and O–H groups in total. The Balaban J connectivity index is 2.69. The number of carboxylic acids is 2. The highest BCUT2D eigenvalue weighted by molar-refractivity contribution is 5.97. The minimum absolute atomic E-state index is 0.0187. The average Bonchev–Trinajstić information content (AvgIpc) is 2.40. The molecule has 0 saturated carbocycles. The lowest BCUT2D eigenvalue weighted by molar-refractivity contribution is -0.140. The van der Waals surface area contributed by atoms with Crippen molar-refractivity contribution >= 4 is 17.8 Å². The van der Waals surface area contributed by atoms with E-state index in [0.29, 0.717) is 0 Å². The normalized spacial score (nSPS) is 11.6. The van der Waals surface area contributed by atoms with E-state index in [4.69, 9.17) is 15.3 Å². The number of aromatic hydroxyl groups is 2. The number of hydrogen-bond donors (Lipinski definition) is 5. The molecule has 1 atom stereocenters. The van der Waals surface area contributed by atoms with Gasteiger partial charge in [0, 0.05) is 12.0 Å². The Kier molecular flexibility index (Phi) is 5.53. The van der Waals surface area contributed by atoms with Gasteiger partial charge in [-0.2, -0.15) is 0 Å². The van der Waals surface area contributed by atoms with Gasteiger partial charge in [0.1, 0.15) is 6.04 Å². The molecule has 1 aromatic carbocycles. The van der Waals surface area contributed by atoms with Crippen LogP contribution in [0.5, 0.6) is 11.5 Å². The standard InChI is InChI=1S/C13H15NO7/c15-9-5-4-7(6-10(9)16)12(19)14-8(13(20)21)2-1-3-11(17)18/h4-6,8,15-16H,1-3H2,(H,14,19)(H,17,18)(H,20,21)/t8-/m1/s1. The van der Waals surface area contributed by atoms with Crippen LogP contribution in [0, 0.1) is 0 Å². The maximum Gasteiger partial charge on any atom is 0.326 e. The smallest absolute Gasteiger partial charge is 0.326 e. The van der Waals surface area contributed by atoms with E-state index in [0.717, 1.165) is 12.1 Å². The molecular formula is C13H15NO7. The number of amides is 1. The number of phenols is 2. The first-order chi connectivity index (χ1) is 9.81. The number of carbonyl (C=O) groups excluding carboxylic acids is 1. The van der Waals surface area contributed by atoms with Gasteiger partial charge in [-0.15, -0.1) is 0 Å². The molecule has 1 amide bonds. The van der Waals surface area contributed by atoms with Gasteiger partial charge in [-0.1, -0.05) is 0 Å². The van der Waals surface area contributed by atoms with Crippen molar-refractivity contribution in [3.05, 3.63) is 23.8 Å². The van der Waals surface area contributed by atoms with E-state index in [1.54, 1.807) is 0 Å². The summed E-state index contributed by atoms with van der Waals surface area (Å²) in [5, 5.41) is 38.1. The summed E-state index contributed by atoms with van der Waals surface area (Å²) in [4.78, 5) is 33.2. The lowest BCUT2D eigenvalue weighted by Gasteiger charge is -2.14. The van der Waals surface area contributed by atoms with Crippen LogP contribution < -0.4 is 5.32 Å². The number of carboxylic acid groups (broad SMARTS) is 2. The first-order valence-electron chi connectivity index (χ1n) is 6.08. The van der Waals surface area contributed by atoms with Gasteiger partial charge in [0.25, 0.3) is 5.91 Å². The van der Waals surface area contributed by atoms with Crippen molar-refractivity contribution in [3.63, 3.8) is 0 Å². The van der Waals surface area contributed by atoms with Gasteiger partial charge in [-0.25, -0.2) is 4.79 Å². The molecule has 0 aliphatic heterocycles. The molecule has 0 aliphatic carbocycles. The van der Waals surface area contributed by atoms with Crippen molar-refractivity contribution in [3.8, 4) is 11.5 Å². The van der Waals surface area contributed by atoms with Crippen LogP contribution >= 0.6 is 0 Å². The molecule has 0 aromatic heterocycles. The fourth-order valence-electron chi connectivity index (χ4n) is 1.62. The monoisotopic (exact) mass is 297 g/mol. The number of rotatable bonds is 7. The van der Waals surface area contributed by atoms with Gasteiger partial charge >= 0.3 is 11.9 Å². The Morgan fingerprint density at radius 2 is 1.76 bits per heavy atom. The van der Waals surface area contributed by atoms with Gasteiger partial charge in [0.15, 0.2) is 11.5 Å². The van der Waals surface area contributed by atoms with Crippen LogP contribution in [0.3, 0.4) is 0 Å². The first-order valence-corrected chi connectivity index (χ1v) is 6.08. The average molecular weight is 297 g/mol. The summed E-state index contributed by atoms with van der Waals surface area (Å²) in [5.74, 6) is -3.97. The predicted molar refractivity (Wildman–Crippen MR) is 70.1 cm³/mol. The Morgan fingerprint density at radius 3 is 2.29 bits per heavy atom. The van der Waals surface area contributed by atoms with Crippen LogP contribution in [0.25, 0.3) is 0 Å². The highest BCUT2D eigenvalue weighted by atomic mass is 16.4. The van der Waals surface area contributed by atoms with Crippen LogP contribution in [0.1, 0.15) is 29.6 Å². The van der Waals surface area contributed by atoms with Gasteiger partial charge < -0.3 is 25.7 Å². The number of hydrogen-bond acceptors (Lipinski definition) is 5. The Hall–Kier alpha value is -2.77. The summed E-state index contributed by atoms with van der Waals surface area (Å²) in [6, 6.07) is 2.10. The molecule has 1 rings (SSSR count). The quantitative estimate of drug-likeness (QED) is 0.462. The van der Waals surface area contributed by atoms with E-state index >= 15 is 0 Å². The Morgan fingerprint density at radius 1 is 1.10 bits per heavy atom. The maximum absolute atomic E-state index is 11.8. The zero-order valence-electron chi connectivity index (χ0n) is 10.9. The zero-order chi connectivity index (χ0) is 16.0. The van der Waals surface area contributed by atoms with Crippen LogP contribution in [-0.4, -0.2) is 44.3 Å². The van der Waals surface area contributed by atoms with Crippen molar-refractivity contribution < 1.29 is 34.8 Å². The molecular weight excluding hydrogens is 282 g/mol. The van der Waals surface area contributed by atoms with E-state index in [1.807, 2.05) is 0 Å². The molecule has 8 nitrogen and oxygen atoms in total. The molecule has 0 radical (unpaired) electrons. The van der Waals surface area contributed by atoms with Gasteiger partial charge in [0.2, 0.25) is 0 Å². The minimum atomic E-state index is -1.28. The molecule has 0 spiro atoms. The minimum Gasteiger partial charge on any atom is -0.504 e. The molecule has 0 unspecified atom stereocenters. The summed E-state index contributed by atoms with van der Waals surface area (Å²) < 4.78 is 0. The lowest BCUT2D eigenvalue weighted by Crippen LogP contribution is -2.40. The molecule has 1 aromatic rings. The van der Waals surface area contributed by atoms with E-state index in [2.05, 4.69) is 5.32 Å². The second kappa shape index (κ2) is 7.13. The number of phenolic OH excluding ortho intramolecular Hbond substituents is 2. The molecule has 21 heavy (non-hydrogen) atoms. The van der Waals surface area contributed by atoms with Gasteiger partial charge in [-0.05, 0) is 31.0 Å². The highest BCUT2D eigenvalue weighted by Gasteiger charge is 2.21. The van der Waals surface area contributed by atoms with Crippen molar-refractivity contribution in [2.45, 2.75) is 25.3 Å². The van der Waals surface area contributed by atoms with E-state index in [1.165, 1.54) is 6.07 Å². The lowest BCUT2D eigenvalue weighted by atomic mass is 10.1. The van der Waals surface area contributed by atoms with Crippen molar-refractivity contribution in [2.24, 2.45) is 0 Å². The topological polar surface area (TPSA) is 144 Å². The molecule has 0 saturated heterocycles. The van der Waals surface area contributed by atoms with E-state index in [-0.39, 0.29) is 24.8 Å². The van der Waals surface area contributed by atoms with Crippen molar-refractivity contribution in [2.75, 3.05) is 0 Å². The Labute approximate surface area is 119 Å². The van der Waals surface area contributed by atoms with E-state index in [9.17, 15) is 19.5 Å². The summed E-state index contributed by atoms with van der Waals surface area (Å²) in [6.45, 7) is 0. The number of carbonyl (C=O) groups is 3. The van der Waals surface area contributed by atoms with E-state index < -0.39 is 35.4 Å². The third-order valence-corrected chi connectivity index (χ3v) is 2.72. The van der Waals surface area contributed by atoms with Crippen molar-refractivity contribution in [1.82, 2.24) is 5.32 Å².